The number of aryl methyl sites for hydroxylation is 1. The Morgan fingerprint density at radius 1 is 0.613 bits per heavy atom. The second-order valence-corrected chi connectivity index (χ2v) is 7.49. The Hall–Kier alpha value is -3.48. The highest BCUT2D eigenvalue weighted by atomic mass is 35.5. The van der Waals surface area contributed by atoms with Gasteiger partial charge in [-0.25, -0.2) is 9.97 Å². The van der Waals surface area contributed by atoms with E-state index < -0.39 is 0 Å². The number of hydrogen-bond donors (Lipinski definition) is 0. The average Bonchev–Trinajstić information content (AvgIpc) is 2.73. The van der Waals surface area contributed by atoms with Crippen LogP contribution in [0.25, 0.3) is 21.8 Å². The summed E-state index contributed by atoms with van der Waals surface area (Å²) in [5.74, 6) is 1.81. The molecule has 2 aromatic heterocycles. The molecule has 5 aromatic rings. The van der Waals surface area contributed by atoms with Crippen molar-refractivity contribution in [3.05, 3.63) is 82.9 Å². The normalized spacial score (nSPS) is 11.1. The van der Waals surface area contributed by atoms with Gasteiger partial charge in [0.15, 0.2) is 0 Å². The van der Waals surface area contributed by atoms with E-state index in [4.69, 9.17) is 32.7 Å². The lowest BCUT2D eigenvalue weighted by Crippen LogP contribution is -1.96. The first-order chi connectivity index (χ1) is 15.0. The predicted octanol–water partition coefficient (Wildman–Crippen LogP) is 6.77. The molecule has 2 heterocycles. The van der Waals surface area contributed by atoms with Crippen molar-refractivity contribution in [1.29, 1.82) is 0 Å². The lowest BCUT2D eigenvalue weighted by atomic mass is 10.2. The second kappa shape index (κ2) is 7.98. The molecule has 5 rings (SSSR count). The summed E-state index contributed by atoms with van der Waals surface area (Å²) in [5, 5.41) is 1.73. The highest BCUT2D eigenvalue weighted by Crippen LogP contribution is 2.34. The Morgan fingerprint density at radius 3 is 1.55 bits per heavy atom. The number of benzene rings is 3. The molecule has 3 aromatic carbocycles. The Morgan fingerprint density at radius 2 is 1.06 bits per heavy atom. The van der Waals surface area contributed by atoms with E-state index >= 15 is 0 Å². The summed E-state index contributed by atoms with van der Waals surface area (Å²) in [7, 11) is 0. The molecule has 152 valence electrons. The fraction of sp³-hybridized carbons (Fsp3) is 0.0435. The highest BCUT2D eigenvalue weighted by Gasteiger charge is 2.12. The molecule has 8 heteroatoms. The van der Waals surface area contributed by atoms with Crippen molar-refractivity contribution < 1.29 is 9.47 Å². The number of nitrogens with zero attached hydrogens (tertiary/aromatic N) is 4. The summed E-state index contributed by atoms with van der Waals surface area (Å²) in [4.78, 5) is 16.9. The van der Waals surface area contributed by atoms with Crippen LogP contribution in [0.5, 0.6) is 23.3 Å². The van der Waals surface area contributed by atoms with Gasteiger partial charge in [-0.15, -0.1) is 0 Å². The van der Waals surface area contributed by atoms with Crippen LogP contribution in [0.2, 0.25) is 10.6 Å². The van der Waals surface area contributed by atoms with Crippen molar-refractivity contribution in [2.75, 3.05) is 0 Å². The maximum atomic E-state index is 6.08. The van der Waals surface area contributed by atoms with Gasteiger partial charge in [0, 0.05) is 6.07 Å². The third-order valence-corrected chi connectivity index (χ3v) is 4.87. The number of ether oxygens (including phenoxy) is 2. The van der Waals surface area contributed by atoms with Crippen LogP contribution >= 0.6 is 23.2 Å². The molecule has 0 aliphatic heterocycles. The number of aromatic nitrogens is 4. The minimum absolute atomic E-state index is 0.111. The molecule has 0 N–H and O–H groups in total. The lowest BCUT2D eigenvalue weighted by molar-refractivity contribution is 0.446. The van der Waals surface area contributed by atoms with E-state index in [0.29, 0.717) is 34.3 Å². The van der Waals surface area contributed by atoms with Crippen LogP contribution in [0.3, 0.4) is 0 Å². The van der Waals surface area contributed by atoms with Crippen LogP contribution in [0.1, 0.15) is 5.56 Å². The number of rotatable bonds is 4. The Labute approximate surface area is 187 Å². The summed E-state index contributed by atoms with van der Waals surface area (Å²) < 4.78 is 12.1. The third-order valence-electron chi connectivity index (χ3n) is 4.54. The zero-order valence-electron chi connectivity index (χ0n) is 16.2. The van der Waals surface area contributed by atoms with Gasteiger partial charge in [0.05, 0.1) is 21.8 Å². The van der Waals surface area contributed by atoms with E-state index in [2.05, 4.69) is 19.9 Å². The molecule has 0 unspecified atom stereocenters. The highest BCUT2D eigenvalue weighted by molar-refractivity contribution is 6.29. The molecule has 0 radical (unpaired) electrons. The molecule has 0 atom stereocenters. The first kappa shape index (κ1) is 19.5. The van der Waals surface area contributed by atoms with E-state index in [1.165, 1.54) is 0 Å². The van der Waals surface area contributed by atoms with E-state index in [9.17, 15) is 0 Å². The molecule has 0 aliphatic carbocycles. The largest absolute Gasteiger partial charge is 0.438 e. The quantitative estimate of drug-likeness (QED) is 0.282. The smallest absolute Gasteiger partial charge is 0.231 e. The topological polar surface area (TPSA) is 70.0 Å². The molecule has 0 bridgehead atoms. The molecule has 6 nitrogen and oxygen atoms in total. The van der Waals surface area contributed by atoms with Gasteiger partial charge < -0.3 is 9.47 Å². The lowest BCUT2D eigenvalue weighted by Gasteiger charge is -2.12. The van der Waals surface area contributed by atoms with Crippen LogP contribution in [0, 0.1) is 6.92 Å². The Bertz CT molecular complexity index is 1340. The third kappa shape index (κ3) is 4.08. The van der Waals surface area contributed by atoms with Gasteiger partial charge in [0.1, 0.15) is 11.5 Å². The summed E-state index contributed by atoms with van der Waals surface area (Å²) in [5.41, 5.74) is 2.33. The zero-order chi connectivity index (χ0) is 21.4. The maximum absolute atomic E-state index is 6.08. The number of halogens is 2. The van der Waals surface area contributed by atoms with E-state index in [-0.39, 0.29) is 10.6 Å². The van der Waals surface area contributed by atoms with Gasteiger partial charge in [0.25, 0.3) is 0 Å². The average molecular weight is 449 g/mol. The van der Waals surface area contributed by atoms with Crippen molar-refractivity contribution in [2.24, 2.45) is 0 Å². The van der Waals surface area contributed by atoms with Gasteiger partial charge in [-0.1, -0.05) is 24.3 Å². The van der Waals surface area contributed by atoms with E-state index in [1.54, 1.807) is 6.07 Å². The van der Waals surface area contributed by atoms with E-state index in [1.807, 2.05) is 67.6 Å². The van der Waals surface area contributed by atoms with Crippen molar-refractivity contribution in [1.82, 2.24) is 19.9 Å². The van der Waals surface area contributed by atoms with Crippen LogP contribution in [-0.4, -0.2) is 19.9 Å². The second-order valence-electron chi connectivity index (χ2n) is 6.82. The molecule has 0 spiro atoms. The fourth-order valence-corrected chi connectivity index (χ4v) is 3.59. The minimum Gasteiger partial charge on any atom is -0.438 e. The summed E-state index contributed by atoms with van der Waals surface area (Å²) >= 11 is 12.2. The molecule has 0 saturated heterocycles. The molecular weight excluding hydrogens is 435 g/mol. The SMILES string of the molecule is Cc1cc(Oc2nc(Cl)nc3ccccc23)cc(Oc2nc(Cl)nc3ccccc23)c1. The van der Waals surface area contributed by atoms with Gasteiger partial charge in [-0.3, -0.25) is 0 Å². The van der Waals surface area contributed by atoms with Crippen LogP contribution < -0.4 is 9.47 Å². The molecular formula is C23H14Cl2N4O2. The molecule has 0 fully saturated rings. The summed E-state index contributed by atoms with van der Waals surface area (Å²) in [6, 6.07) is 20.5. The summed E-state index contributed by atoms with van der Waals surface area (Å²) in [6.45, 7) is 1.94. The van der Waals surface area contributed by atoms with Crippen LogP contribution in [-0.2, 0) is 0 Å². The molecule has 31 heavy (non-hydrogen) atoms. The molecule has 0 aliphatic rings. The van der Waals surface area contributed by atoms with Crippen LogP contribution in [0.15, 0.2) is 66.7 Å². The first-order valence-electron chi connectivity index (χ1n) is 9.37. The van der Waals surface area contributed by atoms with Gasteiger partial charge in [-0.05, 0) is 72.1 Å². The standard InChI is InChI=1S/C23H14Cl2N4O2/c1-13-10-14(30-20-16-6-2-4-8-18(16)26-22(24)28-20)12-15(11-13)31-21-17-7-3-5-9-19(17)27-23(25)29-21/h2-12H,1H3. The van der Waals surface area contributed by atoms with Crippen molar-refractivity contribution in [3.63, 3.8) is 0 Å². The molecule has 0 saturated carbocycles. The Kier molecular flexibility index (Phi) is 5.02. The Balaban J connectivity index is 1.53. The van der Waals surface area contributed by atoms with Gasteiger partial charge in [0.2, 0.25) is 22.3 Å². The van der Waals surface area contributed by atoms with E-state index in [0.717, 1.165) is 16.3 Å². The van der Waals surface area contributed by atoms with Crippen LogP contribution in [0.4, 0.5) is 0 Å². The number of fused-ring (bicyclic) bond motifs is 2. The number of hydrogen-bond acceptors (Lipinski definition) is 6. The number of para-hydroxylation sites is 2. The monoisotopic (exact) mass is 448 g/mol. The zero-order valence-corrected chi connectivity index (χ0v) is 17.7. The fourth-order valence-electron chi connectivity index (χ4n) is 3.25. The van der Waals surface area contributed by atoms with Crippen molar-refractivity contribution in [2.45, 2.75) is 6.92 Å². The van der Waals surface area contributed by atoms with Crippen molar-refractivity contribution >= 4 is 45.0 Å². The first-order valence-corrected chi connectivity index (χ1v) is 10.1. The maximum Gasteiger partial charge on any atom is 0.231 e. The summed E-state index contributed by atoms with van der Waals surface area (Å²) in [6.07, 6.45) is 0. The van der Waals surface area contributed by atoms with Crippen molar-refractivity contribution in [3.8, 4) is 23.3 Å². The predicted molar refractivity (Wildman–Crippen MR) is 120 cm³/mol. The molecule has 0 amide bonds. The van der Waals surface area contributed by atoms with Gasteiger partial charge in [-0.2, -0.15) is 9.97 Å². The van der Waals surface area contributed by atoms with Gasteiger partial charge >= 0.3 is 0 Å². The minimum atomic E-state index is 0.111.